The zero-order valence-corrected chi connectivity index (χ0v) is 11.1. The summed E-state index contributed by atoms with van der Waals surface area (Å²) < 4.78 is 5.41. The molecule has 2 nitrogen and oxygen atoms in total. The maximum Gasteiger partial charge on any atom is 0.0634 e. The van der Waals surface area contributed by atoms with E-state index in [1.807, 2.05) is 0 Å². The number of rotatable bonds is 6. The summed E-state index contributed by atoms with van der Waals surface area (Å²) >= 11 is 0. The summed E-state index contributed by atoms with van der Waals surface area (Å²) in [5.74, 6) is 0.724. The fraction of sp³-hybridized carbons (Fsp3) is 0.600. The van der Waals surface area contributed by atoms with Gasteiger partial charge in [0.2, 0.25) is 0 Å². The molecule has 2 rings (SSSR count). The Kier molecular flexibility index (Phi) is 3.85. The predicted molar refractivity (Wildman–Crippen MR) is 71.3 cm³/mol. The first-order chi connectivity index (χ1) is 8.12. The van der Waals surface area contributed by atoms with Crippen LogP contribution < -0.4 is 5.32 Å². The van der Waals surface area contributed by atoms with Crippen LogP contribution in [-0.4, -0.2) is 25.3 Å². The standard InChI is InChI=1S/C15H23NO/c1-15(2,17-3)9-10-16-14-11-13(14)12-7-5-4-6-8-12/h4-8,13-14,16H,9-11H2,1-3H3. The molecule has 2 unspecified atom stereocenters. The number of benzene rings is 1. The number of nitrogens with one attached hydrogen (secondary N) is 1. The highest BCUT2D eigenvalue weighted by atomic mass is 16.5. The smallest absolute Gasteiger partial charge is 0.0634 e. The van der Waals surface area contributed by atoms with Crippen molar-refractivity contribution >= 4 is 0 Å². The molecule has 1 saturated carbocycles. The van der Waals surface area contributed by atoms with Crippen LogP contribution in [0, 0.1) is 0 Å². The third kappa shape index (κ3) is 3.55. The van der Waals surface area contributed by atoms with Crippen LogP contribution in [0.4, 0.5) is 0 Å². The van der Waals surface area contributed by atoms with Gasteiger partial charge in [0.25, 0.3) is 0 Å². The lowest BCUT2D eigenvalue weighted by Gasteiger charge is -2.22. The zero-order chi connectivity index (χ0) is 12.3. The molecular weight excluding hydrogens is 210 g/mol. The van der Waals surface area contributed by atoms with Crippen molar-refractivity contribution in [3.63, 3.8) is 0 Å². The normalized spacial score (nSPS) is 23.7. The molecule has 0 saturated heterocycles. The van der Waals surface area contributed by atoms with E-state index in [-0.39, 0.29) is 5.60 Å². The number of hydrogen-bond acceptors (Lipinski definition) is 2. The Morgan fingerprint density at radius 3 is 2.65 bits per heavy atom. The molecule has 94 valence electrons. The van der Waals surface area contributed by atoms with Crippen molar-refractivity contribution in [1.29, 1.82) is 0 Å². The van der Waals surface area contributed by atoms with Crippen LogP contribution in [0.1, 0.15) is 38.2 Å². The minimum atomic E-state index is -0.00979. The summed E-state index contributed by atoms with van der Waals surface area (Å²) in [4.78, 5) is 0. The summed E-state index contributed by atoms with van der Waals surface area (Å²) in [6.45, 7) is 5.31. The van der Waals surface area contributed by atoms with E-state index in [0.29, 0.717) is 6.04 Å². The van der Waals surface area contributed by atoms with Crippen molar-refractivity contribution in [1.82, 2.24) is 5.32 Å². The fourth-order valence-electron chi connectivity index (χ4n) is 2.15. The van der Waals surface area contributed by atoms with E-state index in [1.165, 1.54) is 12.0 Å². The van der Waals surface area contributed by atoms with Crippen LogP contribution in [0.25, 0.3) is 0 Å². The summed E-state index contributed by atoms with van der Waals surface area (Å²) in [6, 6.07) is 11.5. The maximum atomic E-state index is 5.41. The molecule has 1 aliphatic rings. The highest BCUT2D eigenvalue weighted by molar-refractivity contribution is 5.27. The largest absolute Gasteiger partial charge is 0.379 e. The molecule has 0 spiro atoms. The van der Waals surface area contributed by atoms with E-state index >= 15 is 0 Å². The SMILES string of the molecule is COC(C)(C)CCNC1CC1c1ccccc1. The summed E-state index contributed by atoms with van der Waals surface area (Å²) in [7, 11) is 1.78. The topological polar surface area (TPSA) is 21.3 Å². The van der Waals surface area contributed by atoms with Gasteiger partial charge in [-0.05, 0) is 38.8 Å². The lowest BCUT2D eigenvalue weighted by molar-refractivity contribution is 0.0158. The van der Waals surface area contributed by atoms with Crippen LogP contribution in [0.15, 0.2) is 30.3 Å². The van der Waals surface area contributed by atoms with Gasteiger partial charge in [-0.25, -0.2) is 0 Å². The summed E-state index contributed by atoms with van der Waals surface area (Å²) in [5.41, 5.74) is 1.46. The Morgan fingerprint density at radius 1 is 1.29 bits per heavy atom. The van der Waals surface area contributed by atoms with E-state index in [0.717, 1.165) is 18.9 Å². The Labute approximate surface area is 104 Å². The van der Waals surface area contributed by atoms with E-state index in [9.17, 15) is 0 Å². The van der Waals surface area contributed by atoms with Gasteiger partial charge in [0.1, 0.15) is 0 Å². The molecule has 0 bridgehead atoms. The van der Waals surface area contributed by atoms with E-state index < -0.39 is 0 Å². The van der Waals surface area contributed by atoms with Gasteiger partial charge < -0.3 is 10.1 Å². The molecule has 2 heteroatoms. The van der Waals surface area contributed by atoms with Gasteiger partial charge in [0.05, 0.1) is 5.60 Å². The van der Waals surface area contributed by atoms with Crippen LogP contribution in [0.5, 0.6) is 0 Å². The average Bonchev–Trinajstić information content (AvgIpc) is 3.10. The Morgan fingerprint density at radius 2 is 2.00 bits per heavy atom. The minimum Gasteiger partial charge on any atom is -0.379 e. The second kappa shape index (κ2) is 5.19. The summed E-state index contributed by atoms with van der Waals surface area (Å²) in [6.07, 6.45) is 2.33. The quantitative estimate of drug-likeness (QED) is 0.815. The molecular formula is C15H23NO. The molecule has 1 aliphatic carbocycles. The maximum absolute atomic E-state index is 5.41. The lowest BCUT2D eigenvalue weighted by Crippen LogP contribution is -2.30. The third-order valence-electron chi connectivity index (χ3n) is 3.70. The Balaban J connectivity index is 1.71. The highest BCUT2D eigenvalue weighted by Crippen LogP contribution is 2.40. The molecule has 1 aromatic carbocycles. The molecule has 0 aliphatic heterocycles. The van der Waals surface area contributed by atoms with E-state index in [1.54, 1.807) is 7.11 Å². The predicted octanol–water partition coefficient (Wildman–Crippen LogP) is 2.95. The first kappa shape index (κ1) is 12.6. The van der Waals surface area contributed by atoms with Crippen molar-refractivity contribution in [3.8, 4) is 0 Å². The highest BCUT2D eigenvalue weighted by Gasteiger charge is 2.37. The van der Waals surface area contributed by atoms with Gasteiger partial charge in [-0.15, -0.1) is 0 Å². The minimum absolute atomic E-state index is 0.00979. The molecule has 17 heavy (non-hydrogen) atoms. The lowest BCUT2D eigenvalue weighted by atomic mass is 10.1. The molecule has 0 aromatic heterocycles. The van der Waals surface area contributed by atoms with Gasteiger partial charge in [0, 0.05) is 19.1 Å². The number of ether oxygens (including phenoxy) is 1. The third-order valence-corrected chi connectivity index (χ3v) is 3.70. The number of methoxy groups -OCH3 is 1. The molecule has 2 atom stereocenters. The van der Waals surface area contributed by atoms with Crippen molar-refractivity contribution in [3.05, 3.63) is 35.9 Å². The molecule has 0 heterocycles. The van der Waals surface area contributed by atoms with Crippen molar-refractivity contribution in [2.45, 2.75) is 44.2 Å². The zero-order valence-electron chi connectivity index (χ0n) is 11.1. The van der Waals surface area contributed by atoms with Gasteiger partial charge in [-0.1, -0.05) is 30.3 Å². The second-order valence-corrected chi connectivity index (χ2v) is 5.53. The van der Waals surface area contributed by atoms with Crippen LogP contribution >= 0.6 is 0 Å². The number of hydrogen-bond donors (Lipinski definition) is 1. The first-order valence-electron chi connectivity index (χ1n) is 6.46. The molecule has 1 N–H and O–H groups in total. The summed E-state index contributed by atoms with van der Waals surface area (Å²) in [5, 5.41) is 3.62. The van der Waals surface area contributed by atoms with Gasteiger partial charge >= 0.3 is 0 Å². The molecule has 1 aromatic rings. The van der Waals surface area contributed by atoms with Crippen LogP contribution in [-0.2, 0) is 4.74 Å². The van der Waals surface area contributed by atoms with Crippen molar-refractivity contribution in [2.75, 3.05) is 13.7 Å². The Hall–Kier alpha value is -0.860. The van der Waals surface area contributed by atoms with Crippen molar-refractivity contribution in [2.24, 2.45) is 0 Å². The van der Waals surface area contributed by atoms with Gasteiger partial charge in [-0.2, -0.15) is 0 Å². The van der Waals surface area contributed by atoms with Crippen LogP contribution in [0.3, 0.4) is 0 Å². The Bertz CT molecular complexity index is 347. The average molecular weight is 233 g/mol. The molecule has 0 amide bonds. The van der Waals surface area contributed by atoms with Crippen LogP contribution in [0.2, 0.25) is 0 Å². The van der Waals surface area contributed by atoms with E-state index in [2.05, 4.69) is 49.5 Å². The fourth-order valence-corrected chi connectivity index (χ4v) is 2.15. The monoisotopic (exact) mass is 233 g/mol. The van der Waals surface area contributed by atoms with Gasteiger partial charge in [-0.3, -0.25) is 0 Å². The molecule has 1 fully saturated rings. The van der Waals surface area contributed by atoms with Crippen molar-refractivity contribution < 1.29 is 4.74 Å². The first-order valence-corrected chi connectivity index (χ1v) is 6.46. The van der Waals surface area contributed by atoms with E-state index in [4.69, 9.17) is 4.74 Å². The van der Waals surface area contributed by atoms with Gasteiger partial charge in [0.15, 0.2) is 0 Å². The molecule has 0 radical (unpaired) electrons. The second-order valence-electron chi connectivity index (χ2n) is 5.53.